The van der Waals surface area contributed by atoms with Crippen LogP contribution < -0.4 is 5.32 Å². The highest BCUT2D eigenvalue weighted by Crippen LogP contribution is 2.36. The van der Waals surface area contributed by atoms with Gasteiger partial charge in [-0.1, -0.05) is 20.8 Å². The van der Waals surface area contributed by atoms with Gasteiger partial charge in [0.1, 0.15) is 0 Å². The van der Waals surface area contributed by atoms with Gasteiger partial charge < -0.3 is 9.74 Å². The molecule has 2 aliphatic rings. The summed E-state index contributed by atoms with van der Waals surface area (Å²) in [6.45, 7) is 19.7. The van der Waals surface area contributed by atoms with Crippen LogP contribution in [0.25, 0.3) is 0 Å². The molecule has 0 aromatic heterocycles. The maximum absolute atomic E-state index is 6.35. The molecule has 2 rings (SSSR count). The molecule has 2 saturated heterocycles. The zero-order valence-corrected chi connectivity index (χ0v) is 16.5. The molecule has 0 unspecified atom stereocenters. The van der Waals surface area contributed by atoms with E-state index in [2.05, 4.69) is 49.0 Å². The van der Waals surface area contributed by atoms with E-state index >= 15 is 0 Å². The average molecular weight is 328 g/mol. The van der Waals surface area contributed by atoms with Gasteiger partial charge in [0.2, 0.25) is 0 Å². The topological polar surface area (TPSA) is 27.7 Å². The third-order valence-corrected chi connectivity index (χ3v) is 10.3. The second kappa shape index (κ2) is 7.75. The first-order chi connectivity index (χ1) is 10.3. The monoisotopic (exact) mass is 327 g/mol. The number of nitrogens with zero attached hydrogens (tertiary/aromatic N) is 2. The first-order valence-corrected chi connectivity index (χ1v) is 12.0. The van der Waals surface area contributed by atoms with E-state index in [4.69, 9.17) is 4.43 Å². The number of rotatable bonds is 5. The highest BCUT2D eigenvalue weighted by atomic mass is 28.4. The van der Waals surface area contributed by atoms with Crippen LogP contribution in [0.1, 0.15) is 40.0 Å². The lowest BCUT2D eigenvalue weighted by Gasteiger charge is -2.42. The SMILES string of the molecule is CC(C)(C)[Si](C)(C)OCCN1CCCN(C2CCNCC2)C1. The molecule has 0 atom stereocenters. The van der Waals surface area contributed by atoms with Crippen molar-refractivity contribution in [1.82, 2.24) is 15.1 Å². The van der Waals surface area contributed by atoms with Crippen molar-refractivity contribution in [3.63, 3.8) is 0 Å². The van der Waals surface area contributed by atoms with Crippen molar-refractivity contribution in [2.45, 2.75) is 64.2 Å². The molecule has 2 fully saturated rings. The molecule has 0 aromatic carbocycles. The molecule has 0 radical (unpaired) electrons. The minimum atomic E-state index is -1.59. The summed E-state index contributed by atoms with van der Waals surface area (Å²) in [6, 6.07) is 0.797. The molecule has 0 saturated carbocycles. The van der Waals surface area contributed by atoms with E-state index in [1.807, 2.05) is 0 Å². The quantitative estimate of drug-likeness (QED) is 0.786. The summed E-state index contributed by atoms with van der Waals surface area (Å²) in [5.74, 6) is 0. The van der Waals surface area contributed by atoms with Crippen LogP contribution in [0.2, 0.25) is 18.1 Å². The fourth-order valence-corrected chi connectivity index (χ4v) is 4.23. The molecular weight excluding hydrogens is 290 g/mol. The summed E-state index contributed by atoms with van der Waals surface area (Å²) >= 11 is 0. The molecule has 0 aromatic rings. The molecule has 5 heteroatoms. The minimum absolute atomic E-state index is 0.316. The molecule has 130 valence electrons. The Hall–Kier alpha value is 0.0569. The van der Waals surface area contributed by atoms with Gasteiger partial charge in [0, 0.05) is 32.3 Å². The van der Waals surface area contributed by atoms with Gasteiger partial charge in [0.25, 0.3) is 0 Å². The summed E-state index contributed by atoms with van der Waals surface area (Å²) in [7, 11) is -1.59. The van der Waals surface area contributed by atoms with Crippen LogP contribution in [0.15, 0.2) is 0 Å². The Labute approximate surface area is 138 Å². The van der Waals surface area contributed by atoms with E-state index in [0.29, 0.717) is 5.04 Å². The molecule has 0 spiro atoms. The molecule has 0 aliphatic carbocycles. The fourth-order valence-electron chi connectivity index (χ4n) is 3.19. The Morgan fingerprint density at radius 2 is 1.82 bits per heavy atom. The Morgan fingerprint density at radius 1 is 1.14 bits per heavy atom. The first kappa shape index (κ1) is 18.4. The van der Waals surface area contributed by atoms with Gasteiger partial charge >= 0.3 is 0 Å². The Morgan fingerprint density at radius 3 is 2.45 bits per heavy atom. The second-order valence-electron chi connectivity index (χ2n) is 8.52. The highest BCUT2D eigenvalue weighted by Gasteiger charge is 2.37. The van der Waals surface area contributed by atoms with Gasteiger partial charge in [-0.15, -0.1) is 0 Å². The van der Waals surface area contributed by atoms with E-state index < -0.39 is 8.32 Å². The minimum Gasteiger partial charge on any atom is -0.416 e. The molecule has 1 N–H and O–H groups in total. The van der Waals surface area contributed by atoms with Crippen LogP contribution in [0, 0.1) is 0 Å². The zero-order valence-electron chi connectivity index (χ0n) is 15.5. The van der Waals surface area contributed by atoms with Crippen LogP contribution in [0.3, 0.4) is 0 Å². The Balaban J connectivity index is 1.74. The maximum atomic E-state index is 6.35. The summed E-state index contributed by atoms with van der Waals surface area (Å²) < 4.78 is 6.35. The molecule has 0 bridgehead atoms. The molecular formula is C17H37N3OSi. The van der Waals surface area contributed by atoms with Gasteiger partial charge in [0.15, 0.2) is 8.32 Å². The van der Waals surface area contributed by atoms with Gasteiger partial charge in [-0.2, -0.15) is 0 Å². The summed E-state index contributed by atoms with van der Waals surface area (Å²) in [6.07, 6.45) is 3.94. The lowest BCUT2D eigenvalue weighted by molar-refractivity contribution is 0.0328. The molecule has 0 amide bonds. The summed E-state index contributed by atoms with van der Waals surface area (Å²) in [5.41, 5.74) is 0. The van der Waals surface area contributed by atoms with Crippen molar-refractivity contribution in [3.05, 3.63) is 0 Å². The van der Waals surface area contributed by atoms with Gasteiger partial charge in [-0.25, -0.2) is 0 Å². The van der Waals surface area contributed by atoms with Gasteiger partial charge in [-0.05, 0) is 50.5 Å². The smallest absolute Gasteiger partial charge is 0.192 e. The number of nitrogens with one attached hydrogen (secondary N) is 1. The largest absolute Gasteiger partial charge is 0.416 e. The lowest BCUT2D eigenvalue weighted by Crippen LogP contribution is -2.53. The fraction of sp³-hybridized carbons (Fsp3) is 1.00. The van der Waals surface area contributed by atoms with Crippen LogP contribution in [0.5, 0.6) is 0 Å². The molecule has 4 nitrogen and oxygen atoms in total. The number of piperidine rings is 1. The number of hydrogen-bond acceptors (Lipinski definition) is 4. The van der Waals surface area contributed by atoms with Crippen molar-refractivity contribution < 1.29 is 4.43 Å². The van der Waals surface area contributed by atoms with Crippen LogP contribution in [-0.4, -0.2) is 70.2 Å². The van der Waals surface area contributed by atoms with Crippen molar-refractivity contribution in [2.24, 2.45) is 0 Å². The summed E-state index contributed by atoms with van der Waals surface area (Å²) in [4.78, 5) is 5.30. The van der Waals surface area contributed by atoms with Crippen molar-refractivity contribution in [3.8, 4) is 0 Å². The van der Waals surface area contributed by atoms with Gasteiger partial charge in [0.05, 0.1) is 6.67 Å². The maximum Gasteiger partial charge on any atom is 0.192 e. The molecule has 2 aliphatic heterocycles. The predicted molar refractivity (Wildman–Crippen MR) is 96.8 cm³/mol. The average Bonchev–Trinajstić information content (AvgIpc) is 2.47. The lowest BCUT2D eigenvalue weighted by atomic mass is 10.0. The predicted octanol–water partition coefficient (Wildman–Crippen LogP) is 2.73. The number of hydrogen-bond donors (Lipinski definition) is 1. The van der Waals surface area contributed by atoms with Crippen molar-refractivity contribution in [2.75, 3.05) is 46.0 Å². The third kappa shape index (κ3) is 5.03. The van der Waals surface area contributed by atoms with E-state index in [1.54, 1.807) is 0 Å². The van der Waals surface area contributed by atoms with Crippen LogP contribution in [0.4, 0.5) is 0 Å². The summed E-state index contributed by atoms with van der Waals surface area (Å²) in [5, 5.41) is 3.79. The third-order valence-electron chi connectivity index (χ3n) is 5.80. The van der Waals surface area contributed by atoms with Crippen molar-refractivity contribution in [1.29, 1.82) is 0 Å². The van der Waals surface area contributed by atoms with E-state index in [0.717, 1.165) is 25.9 Å². The van der Waals surface area contributed by atoms with E-state index in [9.17, 15) is 0 Å². The van der Waals surface area contributed by atoms with Crippen molar-refractivity contribution >= 4 is 8.32 Å². The highest BCUT2D eigenvalue weighted by molar-refractivity contribution is 6.74. The van der Waals surface area contributed by atoms with Gasteiger partial charge in [-0.3, -0.25) is 9.80 Å². The van der Waals surface area contributed by atoms with Crippen LogP contribution >= 0.6 is 0 Å². The normalized spacial score (nSPS) is 23.9. The molecule has 2 heterocycles. The Bertz CT molecular complexity index is 337. The zero-order chi connectivity index (χ0) is 16.2. The molecule has 22 heavy (non-hydrogen) atoms. The van der Waals surface area contributed by atoms with E-state index in [1.165, 1.54) is 45.4 Å². The van der Waals surface area contributed by atoms with E-state index in [-0.39, 0.29) is 0 Å². The first-order valence-electron chi connectivity index (χ1n) is 9.11. The second-order valence-corrected chi connectivity index (χ2v) is 13.3. The van der Waals surface area contributed by atoms with Crippen LogP contribution in [-0.2, 0) is 4.43 Å². The Kier molecular flexibility index (Phi) is 6.48. The standard InChI is InChI=1S/C17H37N3OSi/c1-17(2,3)22(4,5)21-14-13-19-11-6-12-20(15-19)16-7-9-18-10-8-16/h16,18H,6-15H2,1-5H3.